The van der Waals surface area contributed by atoms with Crippen LogP contribution in [-0.4, -0.2) is 33.2 Å². The van der Waals surface area contributed by atoms with Gasteiger partial charge in [0.1, 0.15) is 11.9 Å². The fourth-order valence-corrected chi connectivity index (χ4v) is 4.49. The first-order chi connectivity index (χ1) is 20.1. The van der Waals surface area contributed by atoms with Crippen LogP contribution in [0.5, 0.6) is 0 Å². The highest BCUT2D eigenvalue weighted by Crippen LogP contribution is 2.27. The monoisotopic (exact) mass is 563 g/mol. The lowest BCUT2D eigenvalue weighted by molar-refractivity contribution is -0.139. The molecule has 0 spiro atoms. The van der Waals surface area contributed by atoms with E-state index in [1.807, 2.05) is 36.4 Å². The Bertz CT molecular complexity index is 1690. The molecule has 1 atom stereocenters. The molecule has 212 valence electrons. The van der Waals surface area contributed by atoms with E-state index in [-0.39, 0.29) is 17.7 Å². The van der Waals surface area contributed by atoms with Gasteiger partial charge in [-0.15, -0.1) is 0 Å². The van der Waals surface area contributed by atoms with E-state index in [0.717, 1.165) is 27.8 Å². The Morgan fingerprint density at radius 3 is 1.93 bits per heavy atom. The van der Waals surface area contributed by atoms with Crippen LogP contribution < -0.4 is 5.32 Å². The molecule has 42 heavy (non-hydrogen) atoms. The molecule has 8 heteroatoms. The van der Waals surface area contributed by atoms with Gasteiger partial charge in [0.05, 0.1) is 0 Å². The number of carbonyl (C=O) groups excluding carboxylic acids is 1. The van der Waals surface area contributed by atoms with Crippen LogP contribution >= 0.6 is 0 Å². The van der Waals surface area contributed by atoms with Gasteiger partial charge in [-0.25, -0.2) is 9.18 Å². The number of carbonyl (C=O) groups is 2. The molecule has 0 aliphatic heterocycles. The van der Waals surface area contributed by atoms with E-state index in [0.29, 0.717) is 22.8 Å². The SMILES string of the molecule is CC(C)(C)c1ccc(C(=O)N[C@@H](Cc2ccc(-c3noc(-c4ccc(-c5ccc(F)cc5)cc4)n3)cc2)C(=O)O)cc1. The van der Waals surface area contributed by atoms with Crippen LogP contribution in [0.2, 0.25) is 0 Å². The second-order valence-electron chi connectivity index (χ2n) is 11.1. The van der Waals surface area contributed by atoms with Crippen LogP contribution in [-0.2, 0) is 16.6 Å². The highest BCUT2D eigenvalue weighted by atomic mass is 19.1. The van der Waals surface area contributed by atoms with Gasteiger partial charge in [-0.2, -0.15) is 4.98 Å². The number of benzene rings is 4. The molecule has 5 aromatic rings. The van der Waals surface area contributed by atoms with Crippen molar-refractivity contribution in [1.29, 1.82) is 0 Å². The molecule has 0 aliphatic carbocycles. The van der Waals surface area contributed by atoms with E-state index in [1.165, 1.54) is 12.1 Å². The van der Waals surface area contributed by atoms with Crippen molar-refractivity contribution in [3.63, 3.8) is 0 Å². The Labute approximate surface area is 243 Å². The number of hydrogen-bond donors (Lipinski definition) is 2. The summed E-state index contributed by atoms with van der Waals surface area (Å²) in [4.78, 5) is 29.2. The fourth-order valence-electron chi connectivity index (χ4n) is 4.49. The van der Waals surface area contributed by atoms with Crippen molar-refractivity contribution < 1.29 is 23.6 Å². The number of amides is 1. The molecule has 1 heterocycles. The number of nitrogens with zero attached hydrogens (tertiary/aromatic N) is 2. The summed E-state index contributed by atoms with van der Waals surface area (Å²) in [5.41, 5.74) is 5.44. The van der Waals surface area contributed by atoms with E-state index in [1.54, 1.807) is 48.5 Å². The molecule has 4 aromatic carbocycles. The lowest BCUT2D eigenvalue weighted by Crippen LogP contribution is -2.42. The van der Waals surface area contributed by atoms with Crippen LogP contribution in [0.25, 0.3) is 34.0 Å². The smallest absolute Gasteiger partial charge is 0.326 e. The number of rotatable bonds is 8. The van der Waals surface area contributed by atoms with Crippen LogP contribution in [0.15, 0.2) is 102 Å². The molecular weight excluding hydrogens is 533 g/mol. The summed E-state index contributed by atoms with van der Waals surface area (Å²) >= 11 is 0. The average Bonchev–Trinajstić information content (AvgIpc) is 3.48. The summed E-state index contributed by atoms with van der Waals surface area (Å²) in [5.74, 6) is -1.10. The second kappa shape index (κ2) is 11.8. The number of halogens is 1. The number of hydrogen-bond acceptors (Lipinski definition) is 5. The van der Waals surface area contributed by atoms with E-state index in [4.69, 9.17) is 4.52 Å². The van der Waals surface area contributed by atoms with Gasteiger partial charge < -0.3 is 14.9 Å². The van der Waals surface area contributed by atoms with Gasteiger partial charge in [0.15, 0.2) is 0 Å². The van der Waals surface area contributed by atoms with Crippen molar-refractivity contribution in [3.05, 3.63) is 120 Å². The molecule has 7 nitrogen and oxygen atoms in total. The summed E-state index contributed by atoms with van der Waals surface area (Å²) in [7, 11) is 0. The zero-order chi connectivity index (χ0) is 29.9. The highest BCUT2D eigenvalue weighted by molar-refractivity contribution is 5.96. The average molecular weight is 564 g/mol. The standard InChI is InChI=1S/C34H30FN3O4/c1-34(2,3)27-16-12-25(13-17-27)31(39)36-29(33(40)41)20-21-4-6-24(7-5-21)30-37-32(42-38-30)26-10-8-22(9-11-26)23-14-18-28(35)19-15-23/h4-19,29H,20H2,1-3H3,(H,36,39)(H,40,41)/t29-/m0/s1. The number of carboxylic acid groups (broad SMARTS) is 1. The van der Waals surface area contributed by atoms with Gasteiger partial charge in [0.25, 0.3) is 11.8 Å². The molecule has 0 unspecified atom stereocenters. The van der Waals surface area contributed by atoms with Crippen LogP contribution in [0.4, 0.5) is 4.39 Å². The third-order valence-corrected chi connectivity index (χ3v) is 7.00. The van der Waals surface area contributed by atoms with Crippen LogP contribution in [0, 0.1) is 5.82 Å². The van der Waals surface area contributed by atoms with Crippen molar-refractivity contribution >= 4 is 11.9 Å². The summed E-state index contributed by atoms with van der Waals surface area (Å²) in [5, 5.41) is 16.5. The first-order valence-corrected chi connectivity index (χ1v) is 13.5. The van der Waals surface area contributed by atoms with E-state index < -0.39 is 17.9 Å². The van der Waals surface area contributed by atoms with Crippen molar-refractivity contribution in [2.75, 3.05) is 0 Å². The minimum atomic E-state index is -1.12. The highest BCUT2D eigenvalue weighted by Gasteiger charge is 2.22. The predicted molar refractivity (Wildman–Crippen MR) is 158 cm³/mol. The Morgan fingerprint density at radius 2 is 1.36 bits per heavy atom. The molecule has 0 aliphatic rings. The normalized spacial score (nSPS) is 12.1. The van der Waals surface area contributed by atoms with Gasteiger partial charge in [-0.3, -0.25) is 4.79 Å². The number of nitrogens with one attached hydrogen (secondary N) is 1. The summed E-state index contributed by atoms with van der Waals surface area (Å²) in [6.45, 7) is 6.26. The molecule has 2 N–H and O–H groups in total. The van der Waals surface area contributed by atoms with Gasteiger partial charge in [0, 0.05) is 23.1 Å². The number of aromatic nitrogens is 2. The van der Waals surface area contributed by atoms with E-state index in [2.05, 4.69) is 36.2 Å². The Hall–Kier alpha value is -5.11. The summed E-state index contributed by atoms with van der Waals surface area (Å²) in [6.07, 6.45) is 0.110. The lowest BCUT2D eigenvalue weighted by atomic mass is 9.86. The van der Waals surface area contributed by atoms with Gasteiger partial charge in [-0.05, 0) is 64.1 Å². The van der Waals surface area contributed by atoms with Crippen molar-refractivity contribution in [3.8, 4) is 34.0 Å². The zero-order valence-corrected chi connectivity index (χ0v) is 23.5. The van der Waals surface area contributed by atoms with Crippen molar-refractivity contribution in [2.24, 2.45) is 0 Å². The van der Waals surface area contributed by atoms with Gasteiger partial charge in [0.2, 0.25) is 5.82 Å². The van der Waals surface area contributed by atoms with Gasteiger partial charge >= 0.3 is 5.97 Å². The third kappa shape index (κ3) is 6.61. The lowest BCUT2D eigenvalue weighted by Gasteiger charge is -2.19. The molecule has 0 radical (unpaired) electrons. The summed E-state index contributed by atoms with van der Waals surface area (Å²) < 4.78 is 18.7. The molecule has 0 saturated heterocycles. The fraction of sp³-hybridized carbons (Fsp3) is 0.176. The van der Waals surface area contributed by atoms with Crippen LogP contribution in [0.3, 0.4) is 0 Å². The topological polar surface area (TPSA) is 105 Å². The maximum atomic E-state index is 13.2. The van der Waals surface area contributed by atoms with E-state index >= 15 is 0 Å². The van der Waals surface area contributed by atoms with Crippen molar-refractivity contribution in [2.45, 2.75) is 38.6 Å². The Balaban J connectivity index is 1.23. The largest absolute Gasteiger partial charge is 0.480 e. The second-order valence-corrected chi connectivity index (χ2v) is 11.1. The molecule has 0 saturated carbocycles. The minimum absolute atomic E-state index is 0.0499. The quantitative estimate of drug-likeness (QED) is 0.212. The maximum absolute atomic E-state index is 13.2. The third-order valence-electron chi connectivity index (χ3n) is 7.00. The zero-order valence-electron chi connectivity index (χ0n) is 23.5. The molecule has 0 bridgehead atoms. The molecule has 5 rings (SSSR count). The van der Waals surface area contributed by atoms with Crippen LogP contribution in [0.1, 0.15) is 42.3 Å². The first kappa shape index (κ1) is 28.4. The minimum Gasteiger partial charge on any atom is -0.480 e. The Kier molecular flexibility index (Phi) is 7.97. The molecule has 1 amide bonds. The first-order valence-electron chi connectivity index (χ1n) is 13.5. The summed E-state index contributed by atoms with van der Waals surface area (Å²) in [6, 6.07) is 27.0. The number of aliphatic carboxylic acids is 1. The Morgan fingerprint density at radius 1 is 0.810 bits per heavy atom. The molecule has 0 fully saturated rings. The van der Waals surface area contributed by atoms with Gasteiger partial charge in [-0.1, -0.05) is 86.6 Å². The van der Waals surface area contributed by atoms with E-state index in [9.17, 15) is 19.1 Å². The molecular formula is C34H30FN3O4. The predicted octanol–water partition coefficient (Wildman–Crippen LogP) is 6.93. The number of carboxylic acids is 1. The van der Waals surface area contributed by atoms with Crippen molar-refractivity contribution in [1.82, 2.24) is 15.5 Å². The maximum Gasteiger partial charge on any atom is 0.326 e. The molecule has 1 aromatic heterocycles.